The molecule has 330 valence electrons. The van der Waals surface area contributed by atoms with Gasteiger partial charge in [0.15, 0.2) is 0 Å². The number of non-ortho nitro benzene ring substituents is 1. The van der Waals surface area contributed by atoms with E-state index in [9.17, 15) is 43.3 Å². The number of alkyl halides is 1. The Balaban J connectivity index is 0. The van der Waals surface area contributed by atoms with Gasteiger partial charge in [0, 0.05) is 88.2 Å². The molecule has 1 aromatic carbocycles. The molecule has 24 nitrogen and oxygen atoms in total. The van der Waals surface area contributed by atoms with Crippen LogP contribution < -0.4 is 20.7 Å². The molecule has 0 unspecified atom stereocenters. The van der Waals surface area contributed by atoms with E-state index in [-0.39, 0.29) is 100 Å². The molecule has 0 heterocycles. The number of hydrogen-bond acceptors (Lipinski definition) is 14. The number of ether oxygens (including phenoxy) is 4. The highest BCUT2D eigenvalue weighted by Gasteiger charge is 2.14. The lowest BCUT2D eigenvalue weighted by atomic mass is 10.2. The largest absolute Gasteiger partial charge is 0.412 e. The van der Waals surface area contributed by atoms with Crippen LogP contribution in [0.5, 0.6) is 5.75 Å². The van der Waals surface area contributed by atoms with Gasteiger partial charge in [-0.3, -0.25) is 38.5 Å². The van der Waals surface area contributed by atoms with Crippen molar-refractivity contribution in [2.75, 3.05) is 107 Å². The lowest BCUT2D eigenvalue weighted by Gasteiger charge is -2.16. The minimum atomic E-state index is -1.00. The molecular formula is C34H55FN12O12. The van der Waals surface area contributed by atoms with Gasteiger partial charge in [0.25, 0.3) is 5.69 Å². The molecule has 0 aliphatic rings. The van der Waals surface area contributed by atoms with Gasteiger partial charge in [0.1, 0.15) is 24.7 Å². The zero-order valence-electron chi connectivity index (χ0n) is 34.5. The van der Waals surface area contributed by atoms with Gasteiger partial charge in [-0.05, 0) is 42.5 Å². The maximum absolute atomic E-state index is 11.9. The van der Waals surface area contributed by atoms with Gasteiger partial charge in [0.05, 0.1) is 46.4 Å². The van der Waals surface area contributed by atoms with Gasteiger partial charge in [0.2, 0.25) is 23.6 Å². The number of rotatable bonds is 29. The molecule has 0 saturated carbocycles. The van der Waals surface area contributed by atoms with Crippen molar-refractivity contribution in [1.29, 1.82) is 0 Å². The van der Waals surface area contributed by atoms with E-state index in [4.69, 9.17) is 31.4 Å². The van der Waals surface area contributed by atoms with Crippen molar-refractivity contribution in [1.82, 2.24) is 25.8 Å². The van der Waals surface area contributed by atoms with Gasteiger partial charge in [-0.1, -0.05) is 17.2 Å². The first-order chi connectivity index (χ1) is 28.7. The van der Waals surface area contributed by atoms with Crippen molar-refractivity contribution in [3.63, 3.8) is 0 Å². The first kappa shape index (κ1) is 52.9. The lowest BCUT2D eigenvalue weighted by Crippen LogP contribution is -2.40. The molecule has 0 atom stereocenters. The molecule has 59 heavy (non-hydrogen) atoms. The number of halogens is 1. The van der Waals surface area contributed by atoms with Crippen LogP contribution in [0, 0.1) is 10.1 Å². The summed E-state index contributed by atoms with van der Waals surface area (Å²) in [5.74, 6) is -0.949. The summed E-state index contributed by atoms with van der Waals surface area (Å²) in [7, 11) is 2.00. The number of ketones is 1. The van der Waals surface area contributed by atoms with Crippen LogP contribution in [0.2, 0.25) is 0 Å². The number of carbonyl (C=O) groups excluding carboxylic acids is 6. The maximum Gasteiger partial charge on any atom is 0.412 e. The van der Waals surface area contributed by atoms with Crippen molar-refractivity contribution in [2.45, 2.75) is 39.0 Å². The zero-order valence-corrected chi connectivity index (χ0v) is 33.5. The number of nitrogens with zero attached hydrogens (tertiary/aromatic N) is 9. The number of nitro benzene ring substituents is 1. The zero-order chi connectivity index (χ0) is 45.4. The summed E-state index contributed by atoms with van der Waals surface area (Å²) in [6, 6.07) is 5.07. The third-order valence-corrected chi connectivity index (χ3v) is 6.99. The van der Waals surface area contributed by atoms with Gasteiger partial charge in [-0.25, -0.2) is 4.79 Å². The van der Waals surface area contributed by atoms with Crippen LogP contribution in [-0.2, 0) is 38.2 Å². The normalized spacial score (nSPS) is 9.93. The van der Waals surface area contributed by atoms with Crippen molar-refractivity contribution in [3.05, 3.63) is 55.3 Å². The van der Waals surface area contributed by atoms with E-state index in [2.05, 4.69) is 36.0 Å². The molecule has 0 aromatic heterocycles. The van der Waals surface area contributed by atoms with Gasteiger partial charge >= 0.3 is 6.09 Å². The fourth-order valence-electron chi connectivity index (χ4n) is 3.88. The Morgan fingerprint density at radius 3 is 1.76 bits per heavy atom. The van der Waals surface area contributed by atoms with Crippen LogP contribution in [-0.4, -0.2) is 157 Å². The molecule has 1 rings (SSSR count). The second-order valence-electron chi connectivity index (χ2n) is 11.6. The minimum Gasteiger partial charge on any atom is -0.410 e. The Morgan fingerprint density at radius 2 is 1.29 bits per heavy atom. The summed E-state index contributed by atoms with van der Waals surface area (Å²) in [5, 5.41) is 25.0. The molecule has 5 amide bonds. The topological polar surface area (TPSA) is 323 Å². The van der Waals surface area contributed by atoms with Crippen molar-refractivity contribution in [2.24, 2.45) is 10.2 Å². The number of nitrogens with one attached hydrogen (secondary N) is 3. The van der Waals surface area contributed by atoms with Crippen LogP contribution in [0.1, 0.15) is 40.4 Å². The number of hydrogen-bond donors (Lipinski definition) is 3. The quantitative estimate of drug-likeness (QED) is 0.0262. The minimum absolute atomic E-state index is 0.0575. The monoisotopic (exact) mass is 843 g/mol. The third kappa shape index (κ3) is 32.6. The van der Waals surface area contributed by atoms with Crippen molar-refractivity contribution in [3.8, 4) is 5.75 Å². The van der Waals surface area contributed by atoms with E-state index in [1.807, 2.05) is 6.92 Å². The highest BCUT2D eigenvalue weighted by Crippen LogP contribution is 2.17. The molecule has 0 aliphatic carbocycles. The number of azide groups is 2. The fourth-order valence-corrected chi connectivity index (χ4v) is 3.88. The number of nitro groups is 1. The van der Waals surface area contributed by atoms with Gasteiger partial charge < -0.3 is 44.7 Å². The second kappa shape index (κ2) is 37.4. The van der Waals surface area contributed by atoms with Crippen LogP contribution in [0.25, 0.3) is 20.9 Å². The smallest absolute Gasteiger partial charge is 0.410 e. The second-order valence-corrected chi connectivity index (χ2v) is 11.6. The Hall–Kier alpha value is -6.13. The fraction of sp³-hybridized carbons (Fsp3) is 0.647. The SMILES string of the molecule is CCC(=O)CCCOCC(=O)N(C)CC(=O)NCCCN=[N+]=[N-].CN(CC(=O)NCCCN=[N+]=[N-])C(=O)COCCOCCNC(=O)Oc1ccc([N+](=O)[O-])cc1.[2H]CF. The summed E-state index contributed by atoms with van der Waals surface area (Å²) < 4.78 is 36.1. The third-order valence-electron chi connectivity index (χ3n) is 6.99. The van der Waals surface area contributed by atoms with Crippen molar-refractivity contribution >= 4 is 41.2 Å². The Bertz CT molecular complexity index is 1530. The van der Waals surface area contributed by atoms with E-state index in [0.29, 0.717) is 58.3 Å². The summed E-state index contributed by atoms with van der Waals surface area (Å²) in [5.41, 5.74) is 16.1. The highest BCUT2D eigenvalue weighted by atomic mass is 19.1. The molecular weight excluding hydrogens is 787 g/mol. The van der Waals surface area contributed by atoms with Crippen LogP contribution in [0.3, 0.4) is 0 Å². The average Bonchev–Trinajstić information content (AvgIpc) is 3.21. The van der Waals surface area contributed by atoms with Gasteiger partial charge in [-0.15, -0.1) is 0 Å². The van der Waals surface area contributed by atoms with E-state index in [1.165, 1.54) is 48.2 Å². The van der Waals surface area contributed by atoms with Crippen LogP contribution >= 0.6 is 0 Å². The molecule has 1 aromatic rings. The van der Waals surface area contributed by atoms with Crippen molar-refractivity contribution < 1.29 is 58.4 Å². The Morgan fingerprint density at radius 1 is 0.797 bits per heavy atom. The molecule has 3 N–H and O–H groups in total. The Kier molecular flexibility index (Phi) is 33.6. The van der Waals surface area contributed by atoms with E-state index in [1.54, 1.807) is 0 Å². The highest BCUT2D eigenvalue weighted by molar-refractivity contribution is 5.85. The number of Topliss-reactive ketones (excluding diaryl/α,β-unsaturated/α-hetero) is 1. The number of carbonyl (C=O) groups is 6. The number of likely N-dealkylation sites (N-methyl/N-ethyl adjacent to an activating group) is 2. The summed E-state index contributed by atoms with van der Waals surface area (Å²) in [4.78, 5) is 87.5. The molecule has 0 fully saturated rings. The predicted molar refractivity (Wildman–Crippen MR) is 210 cm³/mol. The Labute approximate surface area is 342 Å². The van der Waals surface area contributed by atoms with Crippen LogP contribution in [0.4, 0.5) is 14.9 Å². The molecule has 0 saturated heterocycles. The lowest BCUT2D eigenvalue weighted by molar-refractivity contribution is -0.384. The van der Waals surface area contributed by atoms with E-state index < -0.39 is 18.2 Å². The van der Waals surface area contributed by atoms with E-state index in [0.717, 1.165) is 0 Å². The summed E-state index contributed by atoms with van der Waals surface area (Å²) >= 11 is 0. The first-order valence-electron chi connectivity index (χ1n) is 18.8. The maximum atomic E-state index is 11.9. The molecule has 0 spiro atoms. The molecule has 25 heteroatoms. The molecule has 0 bridgehead atoms. The number of benzene rings is 1. The van der Waals surface area contributed by atoms with Crippen LogP contribution in [0.15, 0.2) is 34.5 Å². The molecule has 0 radical (unpaired) electrons. The predicted octanol–water partition coefficient (Wildman–Crippen LogP) is 2.61. The average molecular weight is 844 g/mol. The standard InChI is InChI=1S/C19H27N7O8.C14H25N5O4.CH3F/c1-25(13-17(27)21-7-2-8-23-24-20)18(28)14-33-12-11-32-10-9-22-19(29)34-16-5-3-15(4-6-16)26(30)31;1-3-12(20)6-4-9-23-11-14(22)19(2)10-13(21)16-7-5-8-17-18-15;1-2/h3-6H,2,7-14H2,1H3,(H,21,27)(H,22,29);3-11H2,1-2H3,(H,16,21);1H3/i;;1D. The van der Waals surface area contributed by atoms with E-state index >= 15 is 0 Å². The van der Waals surface area contributed by atoms with Gasteiger partial charge in [-0.2, -0.15) is 0 Å². The summed E-state index contributed by atoms with van der Waals surface area (Å²) in [6.45, 7) is 3.63. The number of amides is 5. The molecule has 0 aliphatic heterocycles. The summed E-state index contributed by atoms with van der Waals surface area (Å²) in [6.07, 6.45) is 1.88. The first-order valence-corrected chi connectivity index (χ1v) is 18.1.